The van der Waals surface area contributed by atoms with Crippen LogP contribution < -0.4 is 5.32 Å². The molecule has 1 aliphatic heterocycles. The van der Waals surface area contributed by atoms with E-state index < -0.39 is 10.0 Å². The second-order valence-corrected chi connectivity index (χ2v) is 8.30. The van der Waals surface area contributed by atoms with Gasteiger partial charge in [-0.3, -0.25) is 0 Å². The van der Waals surface area contributed by atoms with Crippen molar-refractivity contribution in [3.05, 3.63) is 65.7 Å². The molecule has 3 rings (SSSR count). The number of piperidine rings is 1. The van der Waals surface area contributed by atoms with E-state index in [0.717, 1.165) is 24.9 Å². The first-order valence-corrected chi connectivity index (χ1v) is 9.84. The molecule has 5 heteroatoms. The molecule has 0 spiro atoms. The Morgan fingerprint density at radius 1 is 1.00 bits per heavy atom. The molecule has 0 radical (unpaired) electrons. The molecule has 1 aliphatic rings. The van der Waals surface area contributed by atoms with E-state index in [1.54, 1.807) is 16.4 Å². The van der Waals surface area contributed by atoms with Gasteiger partial charge in [0.1, 0.15) is 0 Å². The molecule has 0 saturated carbocycles. The van der Waals surface area contributed by atoms with Gasteiger partial charge in [-0.05, 0) is 37.5 Å². The predicted molar refractivity (Wildman–Crippen MR) is 96.2 cm³/mol. The normalized spacial score (nSPS) is 17.0. The fraction of sp³-hybridized carbons (Fsp3) is 0.368. The summed E-state index contributed by atoms with van der Waals surface area (Å²) in [6.07, 6.45) is 1.69. The minimum atomic E-state index is -3.36. The van der Waals surface area contributed by atoms with Crippen molar-refractivity contribution in [3.8, 4) is 0 Å². The van der Waals surface area contributed by atoms with Crippen LogP contribution in [0.4, 0.5) is 0 Å². The van der Waals surface area contributed by atoms with E-state index >= 15 is 0 Å². The molecule has 1 heterocycles. The topological polar surface area (TPSA) is 49.4 Å². The van der Waals surface area contributed by atoms with Crippen LogP contribution in [0.2, 0.25) is 0 Å². The standard InChI is InChI=1S/C19H24N2O2S/c1-16-7-9-19(10-8-16)24(22,23)21-13-11-18(12-14-21)20-15-17-5-3-2-4-6-17/h2-10,18,20H,11-15H2,1H3. The van der Waals surface area contributed by atoms with Gasteiger partial charge in [-0.25, -0.2) is 8.42 Å². The zero-order chi connectivity index (χ0) is 17.0. The molecular weight excluding hydrogens is 320 g/mol. The maximum atomic E-state index is 12.7. The van der Waals surface area contributed by atoms with Crippen molar-refractivity contribution in [1.82, 2.24) is 9.62 Å². The van der Waals surface area contributed by atoms with Gasteiger partial charge in [0.2, 0.25) is 10.0 Å². The second-order valence-electron chi connectivity index (χ2n) is 6.36. The summed E-state index contributed by atoms with van der Waals surface area (Å²) in [5.74, 6) is 0. The zero-order valence-electron chi connectivity index (χ0n) is 14.0. The van der Waals surface area contributed by atoms with Gasteiger partial charge in [-0.2, -0.15) is 4.31 Å². The molecule has 24 heavy (non-hydrogen) atoms. The van der Waals surface area contributed by atoms with Crippen LogP contribution in [0.5, 0.6) is 0 Å². The monoisotopic (exact) mass is 344 g/mol. The number of sulfonamides is 1. The van der Waals surface area contributed by atoms with Crippen LogP contribution in [0.15, 0.2) is 59.5 Å². The van der Waals surface area contributed by atoms with Crippen molar-refractivity contribution in [1.29, 1.82) is 0 Å². The number of nitrogens with zero attached hydrogens (tertiary/aromatic N) is 1. The summed E-state index contributed by atoms with van der Waals surface area (Å²) in [7, 11) is -3.36. The van der Waals surface area contributed by atoms with Crippen molar-refractivity contribution in [2.75, 3.05) is 13.1 Å². The Labute approximate surface area is 144 Å². The first kappa shape index (κ1) is 17.1. The summed E-state index contributed by atoms with van der Waals surface area (Å²) < 4.78 is 27.0. The Bertz CT molecular complexity index is 750. The van der Waals surface area contributed by atoms with Gasteiger partial charge < -0.3 is 5.32 Å². The van der Waals surface area contributed by atoms with Crippen molar-refractivity contribution in [2.45, 2.75) is 37.2 Å². The van der Waals surface area contributed by atoms with Gasteiger partial charge in [-0.1, -0.05) is 48.0 Å². The number of hydrogen-bond donors (Lipinski definition) is 1. The smallest absolute Gasteiger partial charge is 0.243 e. The van der Waals surface area contributed by atoms with Crippen LogP contribution in [0, 0.1) is 6.92 Å². The van der Waals surface area contributed by atoms with Gasteiger partial charge in [0, 0.05) is 25.7 Å². The second kappa shape index (κ2) is 7.47. The fourth-order valence-corrected chi connectivity index (χ4v) is 4.49. The third-order valence-corrected chi connectivity index (χ3v) is 6.46. The Kier molecular flexibility index (Phi) is 5.33. The average Bonchev–Trinajstić information content (AvgIpc) is 2.61. The summed E-state index contributed by atoms with van der Waals surface area (Å²) in [4.78, 5) is 0.392. The number of nitrogens with one attached hydrogen (secondary N) is 1. The number of hydrogen-bond acceptors (Lipinski definition) is 3. The molecule has 0 amide bonds. The molecule has 1 fully saturated rings. The maximum Gasteiger partial charge on any atom is 0.243 e. The summed E-state index contributed by atoms with van der Waals surface area (Å²) in [6, 6.07) is 17.7. The molecule has 0 bridgehead atoms. The van der Waals surface area contributed by atoms with E-state index in [1.807, 2.05) is 37.3 Å². The largest absolute Gasteiger partial charge is 0.310 e. The summed E-state index contributed by atoms with van der Waals surface area (Å²) >= 11 is 0. The van der Waals surface area contributed by atoms with Crippen LogP contribution >= 0.6 is 0 Å². The lowest BCUT2D eigenvalue weighted by molar-refractivity contribution is 0.288. The Morgan fingerprint density at radius 2 is 1.62 bits per heavy atom. The third kappa shape index (κ3) is 4.04. The minimum Gasteiger partial charge on any atom is -0.310 e. The quantitative estimate of drug-likeness (QED) is 0.907. The molecule has 4 nitrogen and oxygen atoms in total. The fourth-order valence-electron chi connectivity index (χ4n) is 3.02. The molecule has 128 valence electrons. The molecule has 0 atom stereocenters. The lowest BCUT2D eigenvalue weighted by atomic mass is 10.1. The van der Waals surface area contributed by atoms with Crippen LogP contribution in [-0.4, -0.2) is 31.9 Å². The molecule has 0 aromatic heterocycles. The number of rotatable bonds is 5. The molecule has 0 unspecified atom stereocenters. The predicted octanol–water partition coefficient (Wildman–Crippen LogP) is 2.94. The van der Waals surface area contributed by atoms with Crippen molar-refractivity contribution in [3.63, 3.8) is 0 Å². The molecule has 1 N–H and O–H groups in total. The van der Waals surface area contributed by atoms with E-state index in [9.17, 15) is 8.42 Å². The highest BCUT2D eigenvalue weighted by atomic mass is 32.2. The first-order chi connectivity index (χ1) is 11.6. The van der Waals surface area contributed by atoms with Crippen LogP contribution in [0.25, 0.3) is 0 Å². The number of aryl methyl sites for hydroxylation is 1. The molecule has 1 saturated heterocycles. The molecule has 2 aromatic carbocycles. The average molecular weight is 344 g/mol. The molecule has 0 aliphatic carbocycles. The summed E-state index contributed by atoms with van der Waals surface area (Å²) in [5.41, 5.74) is 2.32. The van der Waals surface area contributed by atoms with E-state index in [4.69, 9.17) is 0 Å². The summed E-state index contributed by atoms with van der Waals surface area (Å²) in [6.45, 7) is 3.93. The van der Waals surface area contributed by atoms with Gasteiger partial charge in [0.25, 0.3) is 0 Å². The molecular formula is C19H24N2O2S. The Balaban J connectivity index is 1.55. The summed E-state index contributed by atoms with van der Waals surface area (Å²) in [5, 5.41) is 3.54. The lowest BCUT2D eigenvalue weighted by Gasteiger charge is -2.31. The SMILES string of the molecule is Cc1ccc(S(=O)(=O)N2CCC(NCc3ccccc3)CC2)cc1. The van der Waals surface area contributed by atoms with Crippen LogP contribution in [0.3, 0.4) is 0 Å². The van der Waals surface area contributed by atoms with E-state index in [1.165, 1.54) is 5.56 Å². The highest BCUT2D eigenvalue weighted by Gasteiger charge is 2.29. The Morgan fingerprint density at radius 3 is 2.25 bits per heavy atom. The van der Waals surface area contributed by atoms with Crippen molar-refractivity contribution < 1.29 is 8.42 Å². The Hall–Kier alpha value is -1.69. The highest BCUT2D eigenvalue weighted by molar-refractivity contribution is 7.89. The van der Waals surface area contributed by atoms with Crippen LogP contribution in [-0.2, 0) is 16.6 Å². The molecule has 2 aromatic rings. The van der Waals surface area contributed by atoms with Gasteiger partial charge in [0.05, 0.1) is 4.90 Å². The van der Waals surface area contributed by atoms with E-state index in [-0.39, 0.29) is 0 Å². The maximum absolute atomic E-state index is 12.7. The van der Waals surface area contributed by atoms with Gasteiger partial charge in [-0.15, -0.1) is 0 Å². The third-order valence-electron chi connectivity index (χ3n) is 4.55. The van der Waals surface area contributed by atoms with E-state index in [2.05, 4.69) is 17.4 Å². The zero-order valence-corrected chi connectivity index (χ0v) is 14.8. The van der Waals surface area contributed by atoms with E-state index in [0.29, 0.717) is 24.0 Å². The van der Waals surface area contributed by atoms with Gasteiger partial charge in [0.15, 0.2) is 0 Å². The lowest BCUT2D eigenvalue weighted by Crippen LogP contribution is -2.44. The van der Waals surface area contributed by atoms with Crippen molar-refractivity contribution in [2.24, 2.45) is 0 Å². The van der Waals surface area contributed by atoms with Gasteiger partial charge >= 0.3 is 0 Å². The minimum absolute atomic E-state index is 0.370. The first-order valence-electron chi connectivity index (χ1n) is 8.40. The highest BCUT2D eigenvalue weighted by Crippen LogP contribution is 2.21. The van der Waals surface area contributed by atoms with Crippen molar-refractivity contribution >= 4 is 10.0 Å². The van der Waals surface area contributed by atoms with Crippen LogP contribution in [0.1, 0.15) is 24.0 Å². The number of benzene rings is 2.